The van der Waals surface area contributed by atoms with Crippen molar-refractivity contribution in [3.63, 3.8) is 0 Å². The molecular weight excluding hydrogens is 272 g/mol. The lowest BCUT2D eigenvalue weighted by Crippen LogP contribution is -2.32. The van der Waals surface area contributed by atoms with E-state index < -0.39 is 0 Å². The molecule has 0 amide bonds. The van der Waals surface area contributed by atoms with Crippen molar-refractivity contribution in [2.75, 3.05) is 26.2 Å². The van der Waals surface area contributed by atoms with Crippen LogP contribution in [0.5, 0.6) is 0 Å². The van der Waals surface area contributed by atoms with Crippen molar-refractivity contribution in [3.8, 4) is 0 Å². The summed E-state index contributed by atoms with van der Waals surface area (Å²) in [5, 5.41) is 10.2. The van der Waals surface area contributed by atoms with Gasteiger partial charge in [0.25, 0.3) is 0 Å². The average Bonchev–Trinajstić information content (AvgIpc) is 2.99. The maximum atomic E-state index is 3.50. The van der Waals surface area contributed by atoms with Crippen LogP contribution < -0.4 is 5.32 Å². The van der Waals surface area contributed by atoms with E-state index in [1.54, 1.807) is 11.3 Å². The zero-order valence-electron chi connectivity index (χ0n) is 11.3. The van der Waals surface area contributed by atoms with E-state index in [0.717, 1.165) is 19.6 Å². The van der Waals surface area contributed by atoms with Crippen LogP contribution in [0.15, 0.2) is 28.3 Å². The highest BCUT2D eigenvalue weighted by molar-refractivity contribution is 7.10. The van der Waals surface area contributed by atoms with Crippen LogP contribution in [0.1, 0.15) is 28.5 Å². The van der Waals surface area contributed by atoms with Gasteiger partial charge in [0.05, 0.1) is 6.04 Å². The molecule has 0 aliphatic carbocycles. The third kappa shape index (κ3) is 2.92. The summed E-state index contributed by atoms with van der Waals surface area (Å²) in [7, 11) is 0. The van der Waals surface area contributed by atoms with E-state index in [1.807, 2.05) is 11.3 Å². The number of thiophene rings is 2. The summed E-state index contributed by atoms with van der Waals surface area (Å²) in [5.41, 5.74) is 2.89. The van der Waals surface area contributed by atoms with E-state index in [2.05, 4.69) is 45.4 Å². The number of aryl methyl sites for hydroxylation is 1. The van der Waals surface area contributed by atoms with Crippen molar-refractivity contribution in [2.45, 2.75) is 19.4 Å². The van der Waals surface area contributed by atoms with Crippen molar-refractivity contribution >= 4 is 22.7 Å². The predicted molar refractivity (Wildman–Crippen MR) is 84.3 cm³/mol. The second-order valence-corrected chi connectivity index (χ2v) is 6.79. The summed E-state index contributed by atoms with van der Waals surface area (Å²) in [6.45, 7) is 6.81. The Morgan fingerprint density at radius 1 is 1.21 bits per heavy atom. The van der Waals surface area contributed by atoms with Crippen LogP contribution in [0.2, 0.25) is 0 Å². The monoisotopic (exact) mass is 292 g/mol. The van der Waals surface area contributed by atoms with Gasteiger partial charge >= 0.3 is 0 Å². The molecule has 0 radical (unpaired) electrons. The SMILES string of the molecule is Cc1ccsc1C(c1ccsc1)N1CCCNCC1. The summed E-state index contributed by atoms with van der Waals surface area (Å²) < 4.78 is 0. The molecule has 0 spiro atoms. The van der Waals surface area contributed by atoms with Crippen molar-refractivity contribution in [3.05, 3.63) is 44.3 Å². The molecule has 1 fully saturated rings. The van der Waals surface area contributed by atoms with E-state index in [9.17, 15) is 0 Å². The maximum Gasteiger partial charge on any atom is 0.0707 e. The molecule has 2 nitrogen and oxygen atoms in total. The van der Waals surface area contributed by atoms with E-state index in [4.69, 9.17) is 0 Å². The fourth-order valence-corrected chi connectivity index (χ4v) is 4.51. The summed E-state index contributed by atoms with van der Waals surface area (Å²) in [6.07, 6.45) is 1.24. The highest BCUT2D eigenvalue weighted by Crippen LogP contribution is 2.35. The largest absolute Gasteiger partial charge is 0.315 e. The third-order valence-corrected chi connectivity index (χ3v) is 5.52. The molecule has 3 heterocycles. The fraction of sp³-hybridized carbons (Fsp3) is 0.467. The topological polar surface area (TPSA) is 15.3 Å². The van der Waals surface area contributed by atoms with Gasteiger partial charge in [-0.05, 0) is 59.3 Å². The van der Waals surface area contributed by atoms with E-state index in [0.29, 0.717) is 6.04 Å². The van der Waals surface area contributed by atoms with Gasteiger partial charge in [-0.25, -0.2) is 0 Å². The number of hydrogen-bond donors (Lipinski definition) is 1. The maximum absolute atomic E-state index is 3.50. The summed E-state index contributed by atoms with van der Waals surface area (Å²) >= 11 is 3.70. The van der Waals surface area contributed by atoms with Gasteiger partial charge in [-0.15, -0.1) is 11.3 Å². The molecule has 4 heteroatoms. The van der Waals surface area contributed by atoms with Gasteiger partial charge < -0.3 is 5.32 Å². The molecule has 3 rings (SSSR count). The Labute approximate surface area is 123 Å². The predicted octanol–water partition coefficient (Wildman–Crippen LogP) is 3.50. The van der Waals surface area contributed by atoms with Crippen LogP contribution >= 0.6 is 22.7 Å². The van der Waals surface area contributed by atoms with Crippen LogP contribution in [-0.4, -0.2) is 31.1 Å². The van der Waals surface area contributed by atoms with Gasteiger partial charge in [-0.2, -0.15) is 11.3 Å². The van der Waals surface area contributed by atoms with E-state index >= 15 is 0 Å². The normalized spacial score (nSPS) is 19.2. The van der Waals surface area contributed by atoms with Crippen LogP contribution in [0.25, 0.3) is 0 Å². The second kappa shape index (κ2) is 6.18. The van der Waals surface area contributed by atoms with Gasteiger partial charge in [0.15, 0.2) is 0 Å². The lowest BCUT2D eigenvalue weighted by atomic mass is 10.0. The Morgan fingerprint density at radius 3 is 2.89 bits per heavy atom. The van der Waals surface area contributed by atoms with Gasteiger partial charge in [0.1, 0.15) is 0 Å². The average molecular weight is 292 g/mol. The molecule has 2 aromatic heterocycles. The van der Waals surface area contributed by atoms with Crippen molar-refractivity contribution < 1.29 is 0 Å². The fourth-order valence-electron chi connectivity index (χ4n) is 2.75. The molecular formula is C15H20N2S2. The van der Waals surface area contributed by atoms with Crippen LogP contribution in [-0.2, 0) is 0 Å². The van der Waals surface area contributed by atoms with Gasteiger partial charge in [0.2, 0.25) is 0 Å². The lowest BCUT2D eigenvalue weighted by Gasteiger charge is -2.30. The zero-order valence-corrected chi connectivity index (χ0v) is 12.9. The highest BCUT2D eigenvalue weighted by atomic mass is 32.1. The van der Waals surface area contributed by atoms with Gasteiger partial charge in [-0.1, -0.05) is 0 Å². The molecule has 0 bridgehead atoms. The summed E-state index contributed by atoms with van der Waals surface area (Å²) in [5.74, 6) is 0. The quantitative estimate of drug-likeness (QED) is 0.931. The Balaban J connectivity index is 1.94. The lowest BCUT2D eigenvalue weighted by molar-refractivity contribution is 0.244. The molecule has 1 N–H and O–H groups in total. The van der Waals surface area contributed by atoms with Crippen molar-refractivity contribution in [2.24, 2.45) is 0 Å². The third-order valence-electron chi connectivity index (χ3n) is 3.75. The zero-order chi connectivity index (χ0) is 13.1. The van der Waals surface area contributed by atoms with Gasteiger partial charge in [0, 0.05) is 24.5 Å². The first-order valence-corrected chi connectivity index (χ1v) is 8.69. The van der Waals surface area contributed by atoms with Crippen molar-refractivity contribution in [1.29, 1.82) is 0 Å². The molecule has 2 aromatic rings. The Hall–Kier alpha value is -0.680. The first kappa shape index (κ1) is 13.3. The molecule has 19 heavy (non-hydrogen) atoms. The first-order valence-electron chi connectivity index (χ1n) is 6.87. The molecule has 1 aliphatic rings. The molecule has 1 saturated heterocycles. The van der Waals surface area contributed by atoms with Gasteiger partial charge in [-0.3, -0.25) is 4.90 Å². The van der Waals surface area contributed by atoms with E-state index in [-0.39, 0.29) is 0 Å². The molecule has 0 saturated carbocycles. The standard InChI is InChI=1S/C15H20N2S2/c1-12-3-10-19-15(12)14(13-4-9-18-11-13)17-7-2-5-16-6-8-17/h3-4,9-11,14,16H,2,5-8H2,1H3. The summed E-state index contributed by atoms with van der Waals surface area (Å²) in [4.78, 5) is 4.15. The molecule has 1 aliphatic heterocycles. The second-order valence-electron chi connectivity index (χ2n) is 5.07. The highest BCUT2D eigenvalue weighted by Gasteiger charge is 2.25. The van der Waals surface area contributed by atoms with Crippen LogP contribution in [0.4, 0.5) is 0 Å². The van der Waals surface area contributed by atoms with E-state index in [1.165, 1.54) is 29.0 Å². The van der Waals surface area contributed by atoms with Crippen LogP contribution in [0.3, 0.4) is 0 Å². The first-order chi connectivity index (χ1) is 9.36. The Bertz CT molecular complexity index is 496. The molecule has 1 atom stereocenters. The minimum absolute atomic E-state index is 0.450. The molecule has 0 aromatic carbocycles. The number of nitrogens with one attached hydrogen (secondary N) is 1. The minimum Gasteiger partial charge on any atom is -0.315 e. The number of nitrogens with zero attached hydrogens (tertiary/aromatic N) is 1. The van der Waals surface area contributed by atoms with Crippen molar-refractivity contribution in [1.82, 2.24) is 10.2 Å². The molecule has 1 unspecified atom stereocenters. The minimum atomic E-state index is 0.450. The Kier molecular flexibility index (Phi) is 4.33. The van der Waals surface area contributed by atoms with Crippen LogP contribution in [0, 0.1) is 6.92 Å². The molecule has 102 valence electrons. The Morgan fingerprint density at radius 2 is 2.16 bits per heavy atom. The number of hydrogen-bond acceptors (Lipinski definition) is 4. The number of rotatable bonds is 3. The summed E-state index contributed by atoms with van der Waals surface area (Å²) in [6, 6.07) is 4.98. The smallest absolute Gasteiger partial charge is 0.0707 e.